The summed E-state index contributed by atoms with van der Waals surface area (Å²) in [6, 6.07) is 0. The molecule has 5 rings (SSSR count). The minimum absolute atomic E-state index is 0.0191. The average Bonchev–Trinajstić information content (AvgIpc) is 2.79. The third kappa shape index (κ3) is 2.95. The number of methoxy groups -OCH3 is 1. The number of halogens is 1. The molecule has 2 unspecified atom stereocenters. The maximum atomic E-state index is 13.4. The molecule has 0 aromatic carbocycles. The van der Waals surface area contributed by atoms with E-state index < -0.39 is 0 Å². The monoisotopic (exact) mass is 592 g/mol. The van der Waals surface area contributed by atoms with Crippen LogP contribution in [-0.2, 0) is 14.3 Å². The van der Waals surface area contributed by atoms with Crippen molar-refractivity contribution in [1.29, 1.82) is 0 Å². The topological polar surface area (TPSA) is 43.4 Å². The molecule has 0 aliphatic heterocycles. The van der Waals surface area contributed by atoms with Crippen molar-refractivity contribution in [1.82, 2.24) is 0 Å². The van der Waals surface area contributed by atoms with Crippen LogP contribution in [0.25, 0.3) is 0 Å². The summed E-state index contributed by atoms with van der Waals surface area (Å²) in [4.78, 5) is 26.4. The van der Waals surface area contributed by atoms with E-state index in [1.807, 2.05) is 6.08 Å². The number of ether oxygens (including phenoxy) is 1. The largest absolute Gasteiger partial charge is 0.469 e. The smallest absolute Gasteiger partial charge is 0.312 e. The maximum absolute atomic E-state index is 13.4. The molecule has 7 atom stereocenters. The van der Waals surface area contributed by atoms with Gasteiger partial charge in [-0.1, -0.05) is 88.8 Å². The van der Waals surface area contributed by atoms with Gasteiger partial charge in [0.05, 0.1) is 12.5 Å². The Morgan fingerprint density at radius 1 is 0.971 bits per heavy atom. The number of carbonyl (C=O) groups is 2. The lowest BCUT2D eigenvalue weighted by Gasteiger charge is -2.71. The first-order valence-corrected chi connectivity index (χ1v) is 14.8. The molecule has 5 aliphatic rings. The molecule has 35 heavy (non-hydrogen) atoms. The Labute approximate surface area is 226 Å². The second-order valence-corrected chi connectivity index (χ2v) is 16.5. The fourth-order valence-corrected chi connectivity index (χ4v) is 11.0. The van der Waals surface area contributed by atoms with Crippen LogP contribution in [0.1, 0.15) is 99.8 Å². The van der Waals surface area contributed by atoms with Crippen LogP contribution in [0.3, 0.4) is 0 Å². The van der Waals surface area contributed by atoms with Crippen LogP contribution in [0.2, 0.25) is 0 Å². The number of fused-ring (bicyclic) bond motifs is 7. The summed E-state index contributed by atoms with van der Waals surface area (Å²) in [5.41, 5.74) is 1.21. The first-order chi connectivity index (χ1) is 16.0. The lowest BCUT2D eigenvalue weighted by molar-refractivity contribution is -0.173. The van der Waals surface area contributed by atoms with Gasteiger partial charge in [0, 0.05) is 14.3 Å². The zero-order valence-corrected chi connectivity index (χ0v) is 25.3. The Hall–Kier alpha value is -0.650. The summed E-state index contributed by atoms with van der Waals surface area (Å²) >= 11 is 2.69. The van der Waals surface area contributed by atoms with Gasteiger partial charge < -0.3 is 4.74 Å². The highest BCUT2D eigenvalue weighted by Gasteiger charge is 2.72. The van der Waals surface area contributed by atoms with E-state index in [9.17, 15) is 9.59 Å². The summed E-state index contributed by atoms with van der Waals surface area (Å²) < 4.78 is 5.40. The molecular formula is C31H45IO3. The van der Waals surface area contributed by atoms with Gasteiger partial charge in [-0.15, -0.1) is 0 Å². The van der Waals surface area contributed by atoms with E-state index in [0.29, 0.717) is 5.92 Å². The number of hydrogen-bond donors (Lipinski definition) is 0. The SMILES string of the molecule is COC(=O)[C@]12CCC(C)(C)CC1C1=CCC3[C@@]4(C)C=CC(=O)C(C)(C)[C@]4(I)CC[C@@]3(C)[C@]1(C)CC2. The van der Waals surface area contributed by atoms with E-state index in [-0.39, 0.29) is 53.6 Å². The van der Waals surface area contributed by atoms with Crippen molar-refractivity contribution in [3.8, 4) is 0 Å². The second kappa shape index (κ2) is 7.47. The Morgan fingerprint density at radius 3 is 2.29 bits per heavy atom. The standard InChI is InChI=1S/C31H45IO3/c1-25(2)13-16-30(24(34)35-8)17-14-27(5)20(21(30)19-25)9-10-22-28(27,6)15-18-31(32)26(3,4)23(33)11-12-29(22,31)7/h9,11-12,21-22H,10,13-19H2,1-8H3/t21?,22?,27-,28-,29-,30+,31-/m1/s1. The van der Waals surface area contributed by atoms with Crippen LogP contribution in [-0.4, -0.2) is 22.3 Å². The van der Waals surface area contributed by atoms with Crippen LogP contribution < -0.4 is 0 Å². The molecule has 5 aliphatic carbocycles. The second-order valence-electron chi connectivity index (χ2n) is 14.7. The quantitative estimate of drug-likeness (QED) is 0.135. The first-order valence-electron chi connectivity index (χ1n) is 13.8. The molecule has 0 saturated heterocycles. The predicted octanol–water partition coefficient (Wildman–Crippen LogP) is 7.86. The highest BCUT2D eigenvalue weighted by Crippen LogP contribution is 2.77. The fourth-order valence-electron chi connectivity index (χ4n) is 9.94. The molecule has 194 valence electrons. The molecule has 0 radical (unpaired) electrons. The van der Waals surface area contributed by atoms with Crippen molar-refractivity contribution >= 4 is 34.3 Å². The molecule has 3 fully saturated rings. The number of ketones is 1. The fraction of sp³-hybridized carbons (Fsp3) is 0.806. The molecule has 0 aromatic heterocycles. The van der Waals surface area contributed by atoms with Gasteiger partial charge in [-0.3, -0.25) is 9.59 Å². The number of allylic oxidation sites excluding steroid dienone is 4. The van der Waals surface area contributed by atoms with Crippen LogP contribution in [0.4, 0.5) is 0 Å². The van der Waals surface area contributed by atoms with E-state index in [0.717, 1.165) is 51.4 Å². The third-order valence-corrected chi connectivity index (χ3v) is 15.8. The van der Waals surface area contributed by atoms with Crippen molar-refractivity contribution in [3.63, 3.8) is 0 Å². The number of esters is 1. The van der Waals surface area contributed by atoms with Gasteiger partial charge in [0.1, 0.15) is 0 Å². The first kappa shape index (κ1) is 26.0. The molecular weight excluding hydrogens is 547 g/mol. The normalized spacial score (nSPS) is 49.6. The predicted molar refractivity (Wildman–Crippen MR) is 149 cm³/mol. The number of hydrogen-bond acceptors (Lipinski definition) is 3. The average molecular weight is 593 g/mol. The van der Waals surface area contributed by atoms with Gasteiger partial charge in [0.15, 0.2) is 5.78 Å². The van der Waals surface area contributed by atoms with Gasteiger partial charge in [-0.25, -0.2) is 0 Å². The van der Waals surface area contributed by atoms with Crippen molar-refractivity contribution in [2.75, 3.05) is 7.11 Å². The Bertz CT molecular complexity index is 1040. The van der Waals surface area contributed by atoms with E-state index in [1.165, 1.54) is 0 Å². The minimum Gasteiger partial charge on any atom is -0.469 e. The highest BCUT2D eigenvalue weighted by molar-refractivity contribution is 14.1. The van der Waals surface area contributed by atoms with Crippen molar-refractivity contribution < 1.29 is 14.3 Å². The van der Waals surface area contributed by atoms with E-state index >= 15 is 0 Å². The summed E-state index contributed by atoms with van der Waals surface area (Å²) in [6.07, 6.45) is 15.1. The van der Waals surface area contributed by atoms with E-state index in [1.54, 1.807) is 12.7 Å². The lowest BCUT2D eigenvalue weighted by atomic mass is 9.34. The Morgan fingerprint density at radius 2 is 1.63 bits per heavy atom. The summed E-state index contributed by atoms with van der Waals surface area (Å²) in [5, 5.41) is 0. The Balaban J connectivity index is 1.65. The molecule has 0 amide bonds. The molecule has 4 heteroatoms. The van der Waals surface area contributed by atoms with Gasteiger partial charge in [-0.05, 0) is 85.5 Å². The maximum Gasteiger partial charge on any atom is 0.312 e. The summed E-state index contributed by atoms with van der Waals surface area (Å²) in [7, 11) is 1.58. The van der Waals surface area contributed by atoms with Gasteiger partial charge in [0.2, 0.25) is 0 Å². The van der Waals surface area contributed by atoms with Crippen molar-refractivity contribution in [3.05, 3.63) is 23.8 Å². The Kier molecular flexibility index (Phi) is 5.54. The number of carbonyl (C=O) groups excluding carboxylic acids is 2. The molecule has 3 saturated carbocycles. The minimum atomic E-state index is -0.372. The van der Waals surface area contributed by atoms with E-state index in [4.69, 9.17) is 4.74 Å². The number of rotatable bonds is 1. The van der Waals surface area contributed by atoms with Crippen LogP contribution >= 0.6 is 22.6 Å². The molecule has 0 spiro atoms. The van der Waals surface area contributed by atoms with Gasteiger partial charge in [0.25, 0.3) is 0 Å². The van der Waals surface area contributed by atoms with E-state index in [2.05, 4.69) is 83.2 Å². The molecule has 3 nitrogen and oxygen atoms in total. The van der Waals surface area contributed by atoms with Crippen LogP contribution in [0.15, 0.2) is 23.8 Å². The summed E-state index contributed by atoms with van der Waals surface area (Å²) in [5.74, 6) is 1.04. The van der Waals surface area contributed by atoms with Gasteiger partial charge >= 0.3 is 5.97 Å². The van der Waals surface area contributed by atoms with Gasteiger partial charge in [-0.2, -0.15) is 0 Å². The van der Waals surface area contributed by atoms with Crippen LogP contribution in [0, 0.1) is 44.3 Å². The van der Waals surface area contributed by atoms with Crippen molar-refractivity contribution in [2.24, 2.45) is 44.3 Å². The molecule has 0 bridgehead atoms. The third-order valence-electron chi connectivity index (χ3n) is 12.7. The molecule has 0 N–H and O–H groups in total. The zero-order chi connectivity index (χ0) is 25.9. The zero-order valence-electron chi connectivity index (χ0n) is 23.1. The number of alkyl halides is 1. The van der Waals surface area contributed by atoms with Crippen molar-refractivity contribution in [2.45, 2.75) is 103 Å². The lowest BCUT2D eigenvalue weighted by Crippen LogP contribution is -2.68. The highest BCUT2D eigenvalue weighted by atomic mass is 127. The molecule has 0 aromatic rings. The summed E-state index contributed by atoms with van der Waals surface area (Å²) in [6.45, 7) is 16.6. The molecule has 0 heterocycles. The van der Waals surface area contributed by atoms with Crippen LogP contribution in [0.5, 0.6) is 0 Å².